The van der Waals surface area contributed by atoms with Crippen LogP contribution in [0.4, 0.5) is 10.5 Å². The second-order valence-electron chi connectivity index (χ2n) is 3.82. The van der Waals surface area contributed by atoms with Gasteiger partial charge < -0.3 is 15.3 Å². The molecule has 1 aromatic rings. The van der Waals surface area contributed by atoms with E-state index >= 15 is 0 Å². The van der Waals surface area contributed by atoms with Gasteiger partial charge in [-0.05, 0) is 31.0 Å². The van der Waals surface area contributed by atoms with E-state index in [2.05, 4.69) is 5.32 Å². The quantitative estimate of drug-likeness (QED) is 0.818. The number of carbonyl (C=O) groups is 1. The highest BCUT2D eigenvalue weighted by molar-refractivity contribution is 5.90. The van der Waals surface area contributed by atoms with E-state index in [1.54, 1.807) is 7.05 Å². The molecule has 0 aromatic heterocycles. The van der Waals surface area contributed by atoms with Crippen LogP contribution < -0.4 is 5.32 Å². The molecule has 1 aromatic carbocycles. The predicted octanol–water partition coefficient (Wildman–Crippen LogP) is 1.76. The van der Waals surface area contributed by atoms with Crippen LogP contribution in [0.3, 0.4) is 0 Å². The number of aryl methyl sites for hydroxylation is 1. The predicted molar refractivity (Wildman–Crippen MR) is 64.7 cm³/mol. The van der Waals surface area contributed by atoms with Crippen molar-refractivity contribution in [3.8, 4) is 0 Å². The van der Waals surface area contributed by atoms with Crippen LogP contribution >= 0.6 is 0 Å². The summed E-state index contributed by atoms with van der Waals surface area (Å²) in [6.45, 7) is 4.27. The first-order valence-corrected chi connectivity index (χ1v) is 5.25. The number of anilines is 1. The SMILES string of the molecule is Cc1cccc(NC(=O)N(C)CCO)c1C. The van der Waals surface area contributed by atoms with Crippen molar-refractivity contribution < 1.29 is 9.90 Å². The van der Waals surface area contributed by atoms with Crippen molar-refractivity contribution in [1.29, 1.82) is 0 Å². The molecule has 88 valence electrons. The molecule has 0 aliphatic rings. The maximum atomic E-state index is 11.7. The van der Waals surface area contributed by atoms with E-state index in [0.717, 1.165) is 16.8 Å². The van der Waals surface area contributed by atoms with Crippen LogP contribution in [0.1, 0.15) is 11.1 Å². The van der Waals surface area contributed by atoms with Gasteiger partial charge in [0.2, 0.25) is 0 Å². The number of amides is 2. The maximum Gasteiger partial charge on any atom is 0.321 e. The molecule has 0 aliphatic carbocycles. The van der Waals surface area contributed by atoms with Gasteiger partial charge in [0, 0.05) is 19.3 Å². The first kappa shape index (κ1) is 12.5. The van der Waals surface area contributed by atoms with Crippen molar-refractivity contribution in [2.75, 3.05) is 25.5 Å². The third-order valence-corrected chi connectivity index (χ3v) is 2.63. The molecule has 4 heteroatoms. The molecule has 0 aliphatic heterocycles. The Kier molecular flexibility index (Phi) is 4.31. The number of nitrogens with one attached hydrogen (secondary N) is 1. The fourth-order valence-electron chi connectivity index (χ4n) is 1.35. The number of benzene rings is 1. The first-order valence-electron chi connectivity index (χ1n) is 5.25. The van der Waals surface area contributed by atoms with Crippen molar-refractivity contribution in [2.45, 2.75) is 13.8 Å². The smallest absolute Gasteiger partial charge is 0.321 e. The number of aliphatic hydroxyl groups is 1. The number of urea groups is 1. The molecule has 0 saturated heterocycles. The minimum Gasteiger partial charge on any atom is -0.395 e. The van der Waals surface area contributed by atoms with Crippen molar-refractivity contribution in [3.05, 3.63) is 29.3 Å². The van der Waals surface area contributed by atoms with Crippen molar-refractivity contribution in [2.24, 2.45) is 0 Å². The molecule has 0 bridgehead atoms. The third kappa shape index (κ3) is 2.97. The van der Waals surface area contributed by atoms with Gasteiger partial charge >= 0.3 is 6.03 Å². The Balaban J connectivity index is 2.73. The molecule has 1 rings (SSSR count). The average molecular weight is 222 g/mol. The molecule has 0 saturated carbocycles. The van der Waals surface area contributed by atoms with E-state index < -0.39 is 0 Å². The number of hydrogen-bond donors (Lipinski definition) is 2. The molecular formula is C12H18N2O2. The number of nitrogens with zero attached hydrogens (tertiary/aromatic N) is 1. The molecule has 0 spiro atoms. The highest BCUT2D eigenvalue weighted by Crippen LogP contribution is 2.18. The Hall–Kier alpha value is -1.55. The van der Waals surface area contributed by atoms with Gasteiger partial charge in [0.15, 0.2) is 0 Å². The standard InChI is InChI=1S/C12H18N2O2/c1-9-5-4-6-11(10(9)2)13-12(16)14(3)7-8-15/h4-6,15H,7-8H2,1-3H3,(H,13,16). The van der Waals surface area contributed by atoms with Gasteiger partial charge in [-0.3, -0.25) is 0 Å². The van der Waals surface area contributed by atoms with E-state index in [9.17, 15) is 4.79 Å². The molecule has 0 unspecified atom stereocenters. The molecule has 0 fully saturated rings. The highest BCUT2D eigenvalue weighted by Gasteiger charge is 2.09. The van der Waals surface area contributed by atoms with Crippen molar-refractivity contribution >= 4 is 11.7 Å². The van der Waals surface area contributed by atoms with E-state index in [0.29, 0.717) is 6.54 Å². The summed E-state index contributed by atoms with van der Waals surface area (Å²) in [6.07, 6.45) is 0. The Morgan fingerprint density at radius 3 is 2.75 bits per heavy atom. The van der Waals surface area contributed by atoms with E-state index in [4.69, 9.17) is 5.11 Å². The van der Waals surface area contributed by atoms with Crippen molar-refractivity contribution in [1.82, 2.24) is 4.90 Å². The minimum absolute atomic E-state index is 0.0310. The zero-order valence-electron chi connectivity index (χ0n) is 9.95. The topological polar surface area (TPSA) is 52.6 Å². The lowest BCUT2D eigenvalue weighted by Crippen LogP contribution is -2.33. The largest absolute Gasteiger partial charge is 0.395 e. The molecule has 4 nitrogen and oxygen atoms in total. The summed E-state index contributed by atoms with van der Waals surface area (Å²) >= 11 is 0. The van der Waals surface area contributed by atoms with Crippen LogP contribution in [0.2, 0.25) is 0 Å². The van der Waals surface area contributed by atoms with Gasteiger partial charge in [0.05, 0.1) is 6.61 Å². The molecule has 2 N–H and O–H groups in total. The van der Waals surface area contributed by atoms with Crippen LogP contribution in [-0.4, -0.2) is 36.2 Å². The fraction of sp³-hybridized carbons (Fsp3) is 0.417. The zero-order valence-corrected chi connectivity index (χ0v) is 9.95. The number of carbonyl (C=O) groups excluding carboxylic acids is 1. The first-order chi connectivity index (χ1) is 7.56. The van der Waals surface area contributed by atoms with Gasteiger partial charge in [-0.2, -0.15) is 0 Å². The summed E-state index contributed by atoms with van der Waals surface area (Å²) in [7, 11) is 1.65. The molecule has 0 radical (unpaired) electrons. The number of rotatable bonds is 3. The summed E-state index contributed by atoms with van der Waals surface area (Å²) in [4.78, 5) is 13.1. The molecule has 0 atom stereocenters. The van der Waals surface area contributed by atoms with Gasteiger partial charge in [-0.25, -0.2) is 4.79 Å². The number of hydrogen-bond acceptors (Lipinski definition) is 2. The Bertz CT molecular complexity index is 377. The fourth-order valence-corrected chi connectivity index (χ4v) is 1.35. The molecular weight excluding hydrogens is 204 g/mol. The monoisotopic (exact) mass is 222 g/mol. The van der Waals surface area contributed by atoms with Crippen LogP contribution in [0, 0.1) is 13.8 Å². The lowest BCUT2D eigenvalue weighted by molar-refractivity contribution is 0.202. The van der Waals surface area contributed by atoms with Crippen LogP contribution in [0.15, 0.2) is 18.2 Å². The van der Waals surface area contributed by atoms with Crippen LogP contribution in [-0.2, 0) is 0 Å². The summed E-state index contributed by atoms with van der Waals surface area (Å²) in [5.41, 5.74) is 3.02. The van der Waals surface area contributed by atoms with E-state index in [-0.39, 0.29) is 12.6 Å². The van der Waals surface area contributed by atoms with Crippen molar-refractivity contribution in [3.63, 3.8) is 0 Å². The molecule has 2 amide bonds. The Labute approximate surface area is 95.9 Å². The second kappa shape index (κ2) is 5.51. The number of likely N-dealkylation sites (N-methyl/N-ethyl adjacent to an activating group) is 1. The summed E-state index contributed by atoms with van der Waals surface area (Å²) in [5.74, 6) is 0. The third-order valence-electron chi connectivity index (χ3n) is 2.63. The summed E-state index contributed by atoms with van der Waals surface area (Å²) in [6, 6.07) is 5.57. The van der Waals surface area contributed by atoms with E-state index in [1.807, 2.05) is 32.0 Å². The van der Waals surface area contributed by atoms with Gasteiger partial charge in [-0.15, -0.1) is 0 Å². The summed E-state index contributed by atoms with van der Waals surface area (Å²) in [5, 5.41) is 11.5. The van der Waals surface area contributed by atoms with Crippen LogP contribution in [0.25, 0.3) is 0 Å². The minimum atomic E-state index is -0.206. The van der Waals surface area contributed by atoms with Crippen LogP contribution in [0.5, 0.6) is 0 Å². The van der Waals surface area contributed by atoms with Gasteiger partial charge in [-0.1, -0.05) is 12.1 Å². The lowest BCUT2D eigenvalue weighted by atomic mass is 10.1. The number of aliphatic hydroxyl groups excluding tert-OH is 1. The van der Waals surface area contributed by atoms with Gasteiger partial charge in [0.25, 0.3) is 0 Å². The Morgan fingerprint density at radius 1 is 1.44 bits per heavy atom. The summed E-state index contributed by atoms with van der Waals surface area (Å²) < 4.78 is 0. The Morgan fingerprint density at radius 2 is 2.12 bits per heavy atom. The zero-order chi connectivity index (χ0) is 12.1. The second-order valence-corrected chi connectivity index (χ2v) is 3.82. The average Bonchev–Trinajstić information content (AvgIpc) is 2.25. The van der Waals surface area contributed by atoms with E-state index in [1.165, 1.54) is 4.90 Å². The normalized spacial score (nSPS) is 10.0. The maximum absolute atomic E-state index is 11.7. The highest BCUT2D eigenvalue weighted by atomic mass is 16.3. The molecule has 0 heterocycles. The van der Waals surface area contributed by atoms with Gasteiger partial charge in [0.1, 0.15) is 0 Å². The lowest BCUT2D eigenvalue weighted by Gasteiger charge is -2.18. The molecule has 16 heavy (non-hydrogen) atoms.